The number of benzene rings is 2. The summed E-state index contributed by atoms with van der Waals surface area (Å²) in [5, 5.41) is 3.77. The van der Waals surface area contributed by atoms with E-state index in [4.69, 9.17) is 4.74 Å². The van der Waals surface area contributed by atoms with Crippen LogP contribution in [0.1, 0.15) is 21.5 Å². The fraction of sp³-hybridized carbons (Fsp3) is 0.0556. The lowest BCUT2D eigenvalue weighted by Gasteiger charge is -2.07. The highest BCUT2D eigenvalue weighted by Gasteiger charge is 2.10. The van der Waals surface area contributed by atoms with Gasteiger partial charge in [-0.25, -0.2) is 0 Å². The van der Waals surface area contributed by atoms with E-state index in [0.717, 1.165) is 11.1 Å². The van der Waals surface area contributed by atoms with Crippen LogP contribution < -0.4 is 4.74 Å². The van der Waals surface area contributed by atoms with Crippen LogP contribution in [-0.4, -0.2) is 5.78 Å². The zero-order chi connectivity index (χ0) is 14.5. The Morgan fingerprint density at radius 2 is 1.81 bits per heavy atom. The van der Waals surface area contributed by atoms with Gasteiger partial charge in [0.05, 0.1) is 0 Å². The van der Waals surface area contributed by atoms with Gasteiger partial charge in [-0.05, 0) is 29.1 Å². The predicted octanol–water partition coefficient (Wildman–Crippen LogP) is 4.56. The number of ether oxygens (including phenoxy) is 1. The summed E-state index contributed by atoms with van der Waals surface area (Å²) in [6.45, 7) is 0.497. The molecule has 0 unspecified atom stereocenters. The van der Waals surface area contributed by atoms with E-state index in [9.17, 15) is 4.79 Å². The molecule has 21 heavy (non-hydrogen) atoms. The van der Waals surface area contributed by atoms with Crippen molar-refractivity contribution in [2.24, 2.45) is 0 Å². The summed E-state index contributed by atoms with van der Waals surface area (Å²) in [6, 6.07) is 19.1. The first kappa shape index (κ1) is 13.6. The molecule has 0 radical (unpaired) electrons. The number of hydrogen-bond donors (Lipinski definition) is 0. The average Bonchev–Trinajstić information content (AvgIpc) is 3.08. The van der Waals surface area contributed by atoms with E-state index in [1.54, 1.807) is 6.07 Å². The smallest absolute Gasteiger partial charge is 0.193 e. The van der Waals surface area contributed by atoms with Crippen molar-refractivity contribution < 1.29 is 9.53 Å². The molecule has 0 saturated heterocycles. The first-order valence-electron chi connectivity index (χ1n) is 6.66. The van der Waals surface area contributed by atoms with Gasteiger partial charge in [0, 0.05) is 16.5 Å². The van der Waals surface area contributed by atoms with Crippen molar-refractivity contribution in [1.29, 1.82) is 0 Å². The number of rotatable bonds is 5. The van der Waals surface area contributed by atoms with Crippen molar-refractivity contribution in [2.75, 3.05) is 0 Å². The Morgan fingerprint density at radius 1 is 0.952 bits per heavy atom. The summed E-state index contributed by atoms with van der Waals surface area (Å²) in [6.07, 6.45) is 0. The van der Waals surface area contributed by atoms with E-state index in [1.807, 2.05) is 65.4 Å². The normalized spacial score (nSPS) is 10.3. The Kier molecular flexibility index (Phi) is 4.12. The Hall–Kier alpha value is -2.39. The third kappa shape index (κ3) is 3.38. The van der Waals surface area contributed by atoms with Crippen molar-refractivity contribution >= 4 is 17.1 Å². The van der Waals surface area contributed by atoms with Gasteiger partial charge in [0.25, 0.3) is 0 Å². The molecule has 0 spiro atoms. The van der Waals surface area contributed by atoms with Crippen LogP contribution >= 0.6 is 11.3 Å². The molecule has 3 rings (SSSR count). The maximum absolute atomic E-state index is 12.3. The maximum atomic E-state index is 12.3. The zero-order valence-electron chi connectivity index (χ0n) is 11.4. The predicted molar refractivity (Wildman–Crippen MR) is 85.0 cm³/mol. The highest BCUT2D eigenvalue weighted by Crippen LogP contribution is 2.19. The standard InChI is InChI=1S/C18H14O2S/c19-18(16-9-10-21-13-16)15-7-4-8-17(11-15)20-12-14-5-2-1-3-6-14/h1-11,13H,12H2. The molecule has 0 bridgehead atoms. The van der Waals surface area contributed by atoms with Gasteiger partial charge in [-0.2, -0.15) is 11.3 Å². The minimum absolute atomic E-state index is 0.0291. The van der Waals surface area contributed by atoms with Crippen LogP contribution in [0.5, 0.6) is 5.75 Å². The molecule has 0 saturated carbocycles. The fourth-order valence-corrected chi connectivity index (χ4v) is 2.66. The quantitative estimate of drug-likeness (QED) is 0.645. The number of ketones is 1. The Morgan fingerprint density at radius 3 is 2.57 bits per heavy atom. The second kappa shape index (κ2) is 6.37. The van der Waals surface area contributed by atoms with E-state index >= 15 is 0 Å². The molecule has 2 aromatic carbocycles. The van der Waals surface area contributed by atoms with Gasteiger partial charge in [-0.1, -0.05) is 42.5 Å². The van der Waals surface area contributed by atoms with Gasteiger partial charge in [-0.15, -0.1) is 0 Å². The largest absolute Gasteiger partial charge is 0.489 e. The number of hydrogen-bond acceptors (Lipinski definition) is 3. The van der Waals surface area contributed by atoms with E-state index < -0.39 is 0 Å². The molecule has 0 aliphatic carbocycles. The summed E-state index contributed by atoms with van der Waals surface area (Å²) in [7, 11) is 0. The highest BCUT2D eigenvalue weighted by molar-refractivity contribution is 7.08. The van der Waals surface area contributed by atoms with Gasteiger partial charge < -0.3 is 4.74 Å². The fourth-order valence-electron chi connectivity index (χ4n) is 2.03. The van der Waals surface area contributed by atoms with Gasteiger partial charge in [0.15, 0.2) is 5.78 Å². The summed E-state index contributed by atoms with van der Waals surface area (Å²) in [5.41, 5.74) is 2.48. The molecule has 3 heteroatoms. The molecule has 1 aromatic heterocycles. The van der Waals surface area contributed by atoms with Crippen LogP contribution in [0.3, 0.4) is 0 Å². The molecule has 0 aliphatic heterocycles. The first-order chi connectivity index (χ1) is 10.3. The third-order valence-electron chi connectivity index (χ3n) is 3.13. The lowest BCUT2D eigenvalue weighted by molar-refractivity contribution is 0.103. The van der Waals surface area contributed by atoms with E-state index in [1.165, 1.54) is 11.3 Å². The van der Waals surface area contributed by atoms with Crippen molar-refractivity contribution in [2.45, 2.75) is 6.61 Å². The Balaban J connectivity index is 1.73. The molecular formula is C18H14O2S. The summed E-state index contributed by atoms with van der Waals surface area (Å²) in [4.78, 5) is 12.3. The minimum Gasteiger partial charge on any atom is -0.489 e. The minimum atomic E-state index is 0.0291. The zero-order valence-corrected chi connectivity index (χ0v) is 12.2. The molecule has 0 atom stereocenters. The van der Waals surface area contributed by atoms with Crippen LogP contribution in [0.25, 0.3) is 0 Å². The van der Waals surface area contributed by atoms with Gasteiger partial charge in [0.1, 0.15) is 12.4 Å². The van der Waals surface area contributed by atoms with Gasteiger partial charge in [-0.3, -0.25) is 4.79 Å². The van der Waals surface area contributed by atoms with Crippen molar-refractivity contribution in [1.82, 2.24) is 0 Å². The second-order valence-electron chi connectivity index (χ2n) is 4.64. The third-order valence-corrected chi connectivity index (χ3v) is 3.81. The number of carbonyl (C=O) groups is 1. The summed E-state index contributed by atoms with van der Waals surface area (Å²) in [5.74, 6) is 0.737. The summed E-state index contributed by atoms with van der Waals surface area (Å²) < 4.78 is 5.75. The molecule has 0 fully saturated rings. The monoisotopic (exact) mass is 294 g/mol. The van der Waals surface area contributed by atoms with Crippen molar-refractivity contribution in [3.63, 3.8) is 0 Å². The van der Waals surface area contributed by atoms with Crippen LogP contribution in [0.4, 0.5) is 0 Å². The molecule has 2 nitrogen and oxygen atoms in total. The maximum Gasteiger partial charge on any atom is 0.193 e. The second-order valence-corrected chi connectivity index (χ2v) is 5.42. The van der Waals surface area contributed by atoms with E-state index in [2.05, 4.69) is 0 Å². The molecule has 0 amide bonds. The van der Waals surface area contributed by atoms with Crippen molar-refractivity contribution in [3.8, 4) is 5.75 Å². The van der Waals surface area contributed by atoms with E-state index in [-0.39, 0.29) is 5.78 Å². The lowest BCUT2D eigenvalue weighted by atomic mass is 10.1. The molecular weight excluding hydrogens is 280 g/mol. The Labute approximate surface area is 127 Å². The lowest BCUT2D eigenvalue weighted by Crippen LogP contribution is -2.01. The van der Waals surface area contributed by atoms with Crippen LogP contribution in [-0.2, 0) is 6.61 Å². The van der Waals surface area contributed by atoms with Gasteiger partial charge in [0.2, 0.25) is 0 Å². The van der Waals surface area contributed by atoms with Crippen molar-refractivity contribution in [3.05, 3.63) is 88.1 Å². The average molecular weight is 294 g/mol. The molecule has 1 heterocycles. The van der Waals surface area contributed by atoms with Gasteiger partial charge >= 0.3 is 0 Å². The summed E-state index contributed by atoms with van der Waals surface area (Å²) >= 11 is 1.52. The molecule has 0 aliphatic rings. The molecule has 3 aromatic rings. The molecule has 0 N–H and O–H groups in total. The topological polar surface area (TPSA) is 26.3 Å². The van der Waals surface area contributed by atoms with Crippen LogP contribution in [0.15, 0.2) is 71.4 Å². The molecule has 104 valence electrons. The van der Waals surface area contributed by atoms with Crippen LogP contribution in [0, 0.1) is 0 Å². The SMILES string of the molecule is O=C(c1ccsc1)c1cccc(OCc2ccccc2)c1. The number of carbonyl (C=O) groups excluding carboxylic acids is 1. The van der Waals surface area contributed by atoms with E-state index in [0.29, 0.717) is 17.9 Å². The highest BCUT2D eigenvalue weighted by atomic mass is 32.1. The Bertz CT molecular complexity index is 718. The van der Waals surface area contributed by atoms with Crippen LogP contribution in [0.2, 0.25) is 0 Å². The first-order valence-corrected chi connectivity index (χ1v) is 7.61. The number of thiophene rings is 1.